The molecule has 3 amide bonds. The molecular formula is C20H17F2N3O3. The summed E-state index contributed by atoms with van der Waals surface area (Å²) in [7, 11) is 0. The summed E-state index contributed by atoms with van der Waals surface area (Å²) in [6.07, 6.45) is 0.193. The fourth-order valence-electron chi connectivity index (χ4n) is 4.01. The minimum absolute atomic E-state index is 0.0416. The topological polar surface area (TPSA) is 69.7 Å². The van der Waals surface area contributed by atoms with Crippen molar-refractivity contribution in [1.82, 2.24) is 4.90 Å². The fraction of sp³-hybridized carbons (Fsp3) is 0.250. The minimum Gasteiger partial charge on any atom is -0.322 e. The second kappa shape index (κ2) is 6.40. The van der Waals surface area contributed by atoms with Gasteiger partial charge in [-0.1, -0.05) is 12.1 Å². The van der Waals surface area contributed by atoms with Gasteiger partial charge < -0.3 is 10.2 Å². The van der Waals surface area contributed by atoms with Crippen LogP contribution in [0, 0.1) is 11.6 Å². The standard InChI is InChI=1S/C20H17F2N3O3/c1-2-24-18(27)13-5-3-4-6-16(13)25-17(26)9-10-20(24,25)19(28)23-12-7-8-14(21)15(22)11-12/h3-8,11H,2,9-10H2,1H3,(H,23,28)/t20-/m1/s1. The first-order valence-corrected chi connectivity index (χ1v) is 8.90. The lowest BCUT2D eigenvalue weighted by Crippen LogP contribution is -2.69. The SMILES string of the molecule is CCN1C(=O)c2ccccc2N2C(=O)CC[C@@]12C(=O)Nc1ccc(F)c(F)c1. The zero-order valence-electron chi connectivity index (χ0n) is 15.0. The highest BCUT2D eigenvalue weighted by molar-refractivity contribution is 6.18. The van der Waals surface area contributed by atoms with Crippen molar-refractivity contribution < 1.29 is 23.2 Å². The second-order valence-corrected chi connectivity index (χ2v) is 6.70. The van der Waals surface area contributed by atoms with Crippen molar-refractivity contribution in [2.24, 2.45) is 0 Å². The van der Waals surface area contributed by atoms with Gasteiger partial charge in [0.1, 0.15) is 0 Å². The van der Waals surface area contributed by atoms with Crippen LogP contribution in [0.4, 0.5) is 20.2 Å². The van der Waals surface area contributed by atoms with Crippen molar-refractivity contribution in [2.45, 2.75) is 25.4 Å². The Kier molecular flexibility index (Phi) is 4.14. The minimum atomic E-state index is -1.55. The molecule has 2 aliphatic rings. The Morgan fingerprint density at radius 2 is 1.89 bits per heavy atom. The first kappa shape index (κ1) is 18.1. The van der Waals surface area contributed by atoms with E-state index >= 15 is 0 Å². The van der Waals surface area contributed by atoms with Gasteiger partial charge in [0.05, 0.1) is 11.3 Å². The largest absolute Gasteiger partial charge is 0.322 e. The molecule has 2 aliphatic heterocycles. The molecule has 144 valence electrons. The molecule has 2 aromatic rings. The molecule has 0 aliphatic carbocycles. The first-order valence-electron chi connectivity index (χ1n) is 8.90. The fourth-order valence-corrected chi connectivity index (χ4v) is 4.01. The summed E-state index contributed by atoms with van der Waals surface area (Å²) < 4.78 is 26.7. The van der Waals surface area contributed by atoms with Gasteiger partial charge in [-0.2, -0.15) is 0 Å². The van der Waals surface area contributed by atoms with Gasteiger partial charge in [-0.15, -0.1) is 0 Å². The highest BCUT2D eigenvalue weighted by atomic mass is 19.2. The molecule has 2 aromatic carbocycles. The number of nitrogens with one attached hydrogen (secondary N) is 1. The number of carbonyl (C=O) groups is 3. The Balaban J connectivity index is 1.82. The van der Waals surface area contributed by atoms with Gasteiger partial charge in [0.2, 0.25) is 11.6 Å². The maximum Gasteiger partial charge on any atom is 0.271 e. The third-order valence-corrected chi connectivity index (χ3v) is 5.23. The number of hydrogen-bond acceptors (Lipinski definition) is 3. The number of nitrogens with zero attached hydrogens (tertiary/aromatic N) is 2. The smallest absolute Gasteiger partial charge is 0.271 e. The van der Waals surface area contributed by atoms with Crippen molar-refractivity contribution >= 4 is 29.1 Å². The highest BCUT2D eigenvalue weighted by Crippen LogP contribution is 2.44. The monoisotopic (exact) mass is 385 g/mol. The van der Waals surface area contributed by atoms with E-state index in [1.807, 2.05) is 0 Å². The van der Waals surface area contributed by atoms with Crippen LogP contribution in [0.15, 0.2) is 42.5 Å². The Labute approximate surface area is 159 Å². The van der Waals surface area contributed by atoms with E-state index in [1.165, 1.54) is 15.9 Å². The van der Waals surface area contributed by atoms with Gasteiger partial charge in [-0.25, -0.2) is 8.78 Å². The summed E-state index contributed by atoms with van der Waals surface area (Å²) in [6.45, 7) is 1.92. The van der Waals surface area contributed by atoms with E-state index < -0.39 is 23.2 Å². The van der Waals surface area contributed by atoms with Gasteiger partial charge in [-0.05, 0) is 31.2 Å². The molecule has 6 nitrogen and oxygen atoms in total. The van der Waals surface area contributed by atoms with E-state index in [-0.39, 0.29) is 36.9 Å². The van der Waals surface area contributed by atoms with Crippen LogP contribution in [0.25, 0.3) is 0 Å². The molecule has 1 fully saturated rings. The number of carbonyl (C=O) groups excluding carboxylic acids is 3. The lowest BCUT2D eigenvalue weighted by molar-refractivity contribution is -0.128. The maximum absolute atomic E-state index is 13.5. The van der Waals surface area contributed by atoms with Crippen LogP contribution in [0.5, 0.6) is 0 Å². The summed E-state index contributed by atoms with van der Waals surface area (Å²) in [5.74, 6) is -3.42. The molecule has 1 N–H and O–H groups in total. The maximum atomic E-state index is 13.5. The van der Waals surface area contributed by atoms with Gasteiger partial charge >= 0.3 is 0 Å². The molecule has 0 bridgehead atoms. The van der Waals surface area contributed by atoms with Gasteiger partial charge in [0, 0.05) is 31.1 Å². The van der Waals surface area contributed by atoms with Gasteiger partial charge in [-0.3, -0.25) is 19.3 Å². The van der Waals surface area contributed by atoms with Gasteiger partial charge in [0.25, 0.3) is 11.8 Å². The highest BCUT2D eigenvalue weighted by Gasteiger charge is 2.60. The normalized spacial score (nSPS) is 20.8. The number of para-hydroxylation sites is 1. The van der Waals surface area contributed by atoms with Crippen LogP contribution < -0.4 is 10.2 Å². The van der Waals surface area contributed by atoms with Crippen LogP contribution in [0.1, 0.15) is 30.1 Å². The van der Waals surface area contributed by atoms with Crippen LogP contribution in [0.2, 0.25) is 0 Å². The summed E-state index contributed by atoms with van der Waals surface area (Å²) >= 11 is 0. The molecule has 1 atom stereocenters. The number of hydrogen-bond donors (Lipinski definition) is 1. The number of amides is 3. The van der Waals surface area contributed by atoms with Crippen molar-refractivity contribution in [1.29, 1.82) is 0 Å². The number of fused-ring (bicyclic) bond motifs is 3. The molecule has 28 heavy (non-hydrogen) atoms. The third kappa shape index (κ3) is 2.41. The Morgan fingerprint density at radius 1 is 1.14 bits per heavy atom. The van der Waals surface area contributed by atoms with Crippen LogP contribution >= 0.6 is 0 Å². The molecule has 0 aromatic heterocycles. The summed E-state index contributed by atoms with van der Waals surface area (Å²) in [5.41, 5.74) is -0.793. The molecule has 8 heteroatoms. The predicted octanol–water partition coefficient (Wildman–Crippen LogP) is 2.90. The molecule has 0 saturated carbocycles. The van der Waals surface area contributed by atoms with Crippen molar-refractivity contribution in [3.63, 3.8) is 0 Å². The number of likely N-dealkylation sites (N-methyl/N-ethyl adjacent to an activating group) is 1. The van der Waals surface area contributed by atoms with Crippen molar-refractivity contribution in [3.05, 3.63) is 59.7 Å². The number of halogens is 2. The van der Waals surface area contributed by atoms with Crippen molar-refractivity contribution in [3.8, 4) is 0 Å². The number of benzene rings is 2. The zero-order chi connectivity index (χ0) is 20.1. The molecule has 0 unspecified atom stereocenters. The molecule has 0 radical (unpaired) electrons. The van der Waals surface area contributed by atoms with E-state index in [9.17, 15) is 23.2 Å². The third-order valence-electron chi connectivity index (χ3n) is 5.23. The molecule has 2 heterocycles. The average molecular weight is 385 g/mol. The number of rotatable bonds is 3. The predicted molar refractivity (Wildman–Crippen MR) is 97.6 cm³/mol. The average Bonchev–Trinajstić information content (AvgIpc) is 3.04. The lowest BCUT2D eigenvalue weighted by atomic mass is 9.95. The lowest BCUT2D eigenvalue weighted by Gasteiger charge is -2.48. The quantitative estimate of drug-likeness (QED) is 0.883. The van der Waals surface area contributed by atoms with E-state index in [0.717, 1.165) is 12.1 Å². The van der Waals surface area contributed by atoms with E-state index in [4.69, 9.17) is 0 Å². The number of anilines is 2. The van der Waals surface area contributed by atoms with Gasteiger partial charge in [0.15, 0.2) is 11.6 Å². The van der Waals surface area contributed by atoms with Crippen LogP contribution in [-0.2, 0) is 9.59 Å². The Bertz CT molecular complexity index is 1010. The van der Waals surface area contributed by atoms with Crippen LogP contribution in [0.3, 0.4) is 0 Å². The molecular weight excluding hydrogens is 368 g/mol. The molecule has 1 saturated heterocycles. The summed E-state index contributed by atoms with van der Waals surface area (Å²) in [4.78, 5) is 41.8. The van der Waals surface area contributed by atoms with E-state index in [1.54, 1.807) is 31.2 Å². The Hall–Kier alpha value is -3.29. The second-order valence-electron chi connectivity index (χ2n) is 6.70. The van der Waals surface area contributed by atoms with E-state index in [0.29, 0.717) is 11.3 Å². The molecule has 4 rings (SSSR count). The Morgan fingerprint density at radius 3 is 2.61 bits per heavy atom. The molecule has 0 spiro atoms. The van der Waals surface area contributed by atoms with Crippen LogP contribution in [-0.4, -0.2) is 34.8 Å². The summed E-state index contributed by atoms with van der Waals surface area (Å²) in [5, 5.41) is 2.54. The summed E-state index contributed by atoms with van der Waals surface area (Å²) in [6, 6.07) is 9.62. The van der Waals surface area contributed by atoms with Crippen molar-refractivity contribution in [2.75, 3.05) is 16.8 Å². The van der Waals surface area contributed by atoms with E-state index in [2.05, 4.69) is 5.32 Å². The first-order chi connectivity index (χ1) is 13.4. The zero-order valence-corrected chi connectivity index (χ0v) is 15.0.